The highest BCUT2D eigenvalue weighted by atomic mass is 32.2. The van der Waals surface area contributed by atoms with Crippen molar-refractivity contribution in [3.05, 3.63) is 24.0 Å². The maximum absolute atomic E-state index is 11.5. The van der Waals surface area contributed by atoms with Crippen LogP contribution in [-0.2, 0) is 16.3 Å². The smallest absolute Gasteiger partial charge is 0.175 e. The lowest BCUT2D eigenvalue weighted by molar-refractivity contribution is 0.498. The number of nitrogens with one attached hydrogen (secondary N) is 1. The molecule has 20 heavy (non-hydrogen) atoms. The molecule has 0 bridgehead atoms. The summed E-state index contributed by atoms with van der Waals surface area (Å²) in [6.07, 6.45) is 8.78. The Morgan fingerprint density at radius 3 is 2.75 bits per heavy atom. The van der Waals surface area contributed by atoms with Gasteiger partial charge in [0.2, 0.25) is 0 Å². The van der Waals surface area contributed by atoms with Crippen molar-refractivity contribution in [2.75, 3.05) is 6.26 Å². The Hall–Kier alpha value is -1.36. The van der Waals surface area contributed by atoms with E-state index in [2.05, 4.69) is 9.97 Å². The van der Waals surface area contributed by atoms with Gasteiger partial charge < -0.3 is 4.98 Å². The fraction of sp³-hybridized carbons (Fsp3) is 0.533. The molecule has 0 aliphatic heterocycles. The van der Waals surface area contributed by atoms with E-state index >= 15 is 0 Å². The summed E-state index contributed by atoms with van der Waals surface area (Å²) in [5, 5.41) is 0. The Morgan fingerprint density at radius 2 is 2.05 bits per heavy atom. The molecule has 0 saturated heterocycles. The van der Waals surface area contributed by atoms with Crippen LogP contribution in [0.4, 0.5) is 0 Å². The minimum Gasteiger partial charge on any atom is -0.342 e. The van der Waals surface area contributed by atoms with E-state index in [9.17, 15) is 8.42 Å². The van der Waals surface area contributed by atoms with Gasteiger partial charge in [0.15, 0.2) is 9.84 Å². The van der Waals surface area contributed by atoms with Gasteiger partial charge in [-0.25, -0.2) is 13.4 Å². The summed E-state index contributed by atoms with van der Waals surface area (Å²) < 4.78 is 23.1. The maximum Gasteiger partial charge on any atom is 0.175 e. The van der Waals surface area contributed by atoms with E-state index in [0.717, 1.165) is 29.2 Å². The van der Waals surface area contributed by atoms with Gasteiger partial charge >= 0.3 is 0 Å². The number of imidazole rings is 1. The average Bonchev–Trinajstić information content (AvgIpc) is 3.03. The average molecular weight is 292 g/mol. The quantitative estimate of drug-likeness (QED) is 0.942. The molecule has 0 unspecified atom stereocenters. The molecule has 0 spiro atoms. The van der Waals surface area contributed by atoms with Crippen molar-refractivity contribution in [3.63, 3.8) is 0 Å². The van der Waals surface area contributed by atoms with E-state index in [0.29, 0.717) is 4.90 Å². The minimum atomic E-state index is -3.16. The number of nitrogens with zero attached hydrogens (tertiary/aromatic N) is 1. The van der Waals surface area contributed by atoms with E-state index in [4.69, 9.17) is 0 Å². The number of hydrogen-bond donors (Lipinski definition) is 1. The third kappa shape index (κ3) is 2.87. The molecule has 1 fully saturated rings. The zero-order valence-corrected chi connectivity index (χ0v) is 12.5. The first-order chi connectivity index (χ1) is 9.52. The zero-order chi connectivity index (χ0) is 14.2. The maximum atomic E-state index is 11.5. The van der Waals surface area contributed by atoms with E-state index in [1.165, 1.54) is 38.4 Å². The van der Waals surface area contributed by atoms with Crippen LogP contribution in [0, 0.1) is 5.92 Å². The fourth-order valence-electron chi connectivity index (χ4n) is 3.03. The van der Waals surface area contributed by atoms with Crippen LogP contribution >= 0.6 is 0 Å². The molecule has 4 nitrogen and oxygen atoms in total. The van der Waals surface area contributed by atoms with E-state index in [1.807, 2.05) is 0 Å². The molecule has 1 heterocycles. The van der Waals surface area contributed by atoms with E-state index in [1.54, 1.807) is 18.2 Å². The number of aromatic amines is 1. The first kappa shape index (κ1) is 13.6. The SMILES string of the molecule is CS(=O)(=O)c1ccc2nc(CCC3CCCC3)[nH]c2c1. The second kappa shape index (κ2) is 5.20. The predicted molar refractivity (Wildman–Crippen MR) is 79.5 cm³/mol. The lowest BCUT2D eigenvalue weighted by atomic mass is 10.0. The van der Waals surface area contributed by atoms with Crippen molar-refractivity contribution >= 4 is 20.9 Å². The standard InChI is InChI=1S/C15H20N2O2S/c1-20(18,19)12-7-8-13-14(10-12)17-15(16-13)9-6-11-4-2-3-5-11/h7-8,10-11H,2-6,9H2,1H3,(H,16,17). The van der Waals surface area contributed by atoms with Gasteiger partial charge in [0.05, 0.1) is 15.9 Å². The Kier molecular flexibility index (Phi) is 3.54. The van der Waals surface area contributed by atoms with Gasteiger partial charge in [0.25, 0.3) is 0 Å². The molecule has 108 valence electrons. The molecular weight excluding hydrogens is 272 g/mol. The van der Waals surface area contributed by atoms with Gasteiger partial charge in [-0.15, -0.1) is 0 Å². The second-order valence-corrected chi connectivity index (χ2v) is 7.84. The number of H-pyrrole nitrogens is 1. The fourth-order valence-corrected chi connectivity index (χ4v) is 3.68. The number of fused-ring (bicyclic) bond motifs is 1. The Bertz CT molecular complexity index is 713. The summed E-state index contributed by atoms with van der Waals surface area (Å²) in [6.45, 7) is 0. The lowest BCUT2D eigenvalue weighted by Gasteiger charge is -2.05. The van der Waals surface area contributed by atoms with Crippen LogP contribution in [0.1, 0.15) is 37.9 Å². The first-order valence-corrected chi connectivity index (χ1v) is 9.10. The molecule has 2 aromatic rings. The number of rotatable bonds is 4. The monoisotopic (exact) mass is 292 g/mol. The van der Waals surface area contributed by atoms with E-state index < -0.39 is 9.84 Å². The summed E-state index contributed by atoms with van der Waals surface area (Å²) in [5.74, 6) is 1.81. The highest BCUT2D eigenvalue weighted by Crippen LogP contribution is 2.28. The van der Waals surface area contributed by atoms with Crippen molar-refractivity contribution in [1.82, 2.24) is 9.97 Å². The Morgan fingerprint density at radius 1 is 1.30 bits per heavy atom. The van der Waals surface area contributed by atoms with Crippen molar-refractivity contribution < 1.29 is 8.42 Å². The molecule has 3 rings (SSSR count). The molecular formula is C15H20N2O2S. The van der Waals surface area contributed by atoms with Gasteiger partial charge in [-0.2, -0.15) is 0 Å². The molecule has 0 atom stereocenters. The Balaban J connectivity index is 1.79. The largest absolute Gasteiger partial charge is 0.342 e. The van der Waals surface area contributed by atoms with Crippen molar-refractivity contribution in [3.8, 4) is 0 Å². The predicted octanol–water partition coefficient (Wildman–Crippen LogP) is 3.09. The number of sulfone groups is 1. The number of aromatic nitrogens is 2. The van der Waals surface area contributed by atoms with Gasteiger partial charge in [-0.05, 0) is 30.5 Å². The van der Waals surface area contributed by atoms with Crippen molar-refractivity contribution in [2.24, 2.45) is 5.92 Å². The highest BCUT2D eigenvalue weighted by Gasteiger charge is 2.16. The molecule has 1 saturated carbocycles. The van der Waals surface area contributed by atoms with Crippen LogP contribution in [0.25, 0.3) is 11.0 Å². The molecule has 1 aliphatic rings. The van der Waals surface area contributed by atoms with Crippen LogP contribution in [0.15, 0.2) is 23.1 Å². The molecule has 1 N–H and O–H groups in total. The number of aryl methyl sites for hydroxylation is 1. The van der Waals surface area contributed by atoms with Crippen molar-refractivity contribution in [2.45, 2.75) is 43.4 Å². The second-order valence-electron chi connectivity index (χ2n) is 5.82. The van der Waals surface area contributed by atoms with Gasteiger partial charge in [0.1, 0.15) is 5.82 Å². The van der Waals surface area contributed by atoms with Crippen molar-refractivity contribution in [1.29, 1.82) is 0 Å². The van der Waals surface area contributed by atoms with Gasteiger partial charge in [-0.1, -0.05) is 25.7 Å². The topological polar surface area (TPSA) is 62.8 Å². The molecule has 5 heteroatoms. The van der Waals surface area contributed by atoms with Gasteiger partial charge in [0, 0.05) is 12.7 Å². The summed E-state index contributed by atoms with van der Waals surface area (Å²) in [4.78, 5) is 8.15. The summed E-state index contributed by atoms with van der Waals surface area (Å²) in [6, 6.07) is 5.08. The van der Waals surface area contributed by atoms with Crippen LogP contribution in [0.3, 0.4) is 0 Å². The van der Waals surface area contributed by atoms with Crippen LogP contribution < -0.4 is 0 Å². The highest BCUT2D eigenvalue weighted by molar-refractivity contribution is 7.90. The molecule has 1 aromatic carbocycles. The molecule has 0 amide bonds. The summed E-state index contributed by atoms with van der Waals surface area (Å²) >= 11 is 0. The van der Waals surface area contributed by atoms with Crippen LogP contribution in [0.2, 0.25) is 0 Å². The summed E-state index contributed by atoms with van der Waals surface area (Å²) in [7, 11) is -3.16. The van der Waals surface area contributed by atoms with Crippen LogP contribution in [-0.4, -0.2) is 24.6 Å². The minimum absolute atomic E-state index is 0.344. The molecule has 0 radical (unpaired) electrons. The number of hydrogen-bond acceptors (Lipinski definition) is 3. The lowest BCUT2D eigenvalue weighted by Crippen LogP contribution is -1.97. The molecule has 1 aromatic heterocycles. The summed E-state index contributed by atoms with van der Waals surface area (Å²) in [5.41, 5.74) is 1.66. The van der Waals surface area contributed by atoms with Gasteiger partial charge in [-0.3, -0.25) is 0 Å². The first-order valence-electron chi connectivity index (χ1n) is 7.21. The van der Waals surface area contributed by atoms with Crippen LogP contribution in [0.5, 0.6) is 0 Å². The Labute approximate surface area is 119 Å². The zero-order valence-electron chi connectivity index (χ0n) is 11.7. The third-order valence-corrected chi connectivity index (χ3v) is 5.30. The number of benzene rings is 1. The molecule has 1 aliphatic carbocycles. The normalized spacial score (nSPS) is 17.1. The third-order valence-electron chi connectivity index (χ3n) is 4.19. The van der Waals surface area contributed by atoms with E-state index in [-0.39, 0.29) is 0 Å².